The summed E-state index contributed by atoms with van der Waals surface area (Å²) in [6.45, 7) is 0. The van der Waals surface area contributed by atoms with Gasteiger partial charge in [-0.2, -0.15) is 0 Å². The molecule has 12 heavy (non-hydrogen) atoms. The van der Waals surface area contributed by atoms with Crippen LogP contribution in [0.3, 0.4) is 0 Å². The SMILES string of the molecule is O=[N+]([O-])c1ccc(CCl)c(F)c1. The highest BCUT2D eigenvalue weighted by molar-refractivity contribution is 6.17. The van der Waals surface area contributed by atoms with Crippen LogP contribution < -0.4 is 0 Å². The number of non-ortho nitro benzene ring substituents is 1. The molecule has 64 valence electrons. The molecule has 3 nitrogen and oxygen atoms in total. The number of hydrogen-bond donors (Lipinski definition) is 0. The average Bonchev–Trinajstić information content (AvgIpc) is 2.04. The summed E-state index contributed by atoms with van der Waals surface area (Å²) in [7, 11) is 0. The summed E-state index contributed by atoms with van der Waals surface area (Å²) in [5.41, 5.74) is 0.00336. The van der Waals surface area contributed by atoms with Crippen LogP contribution in [0.25, 0.3) is 0 Å². The molecule has 0 atom stereocenters. The van der Waals surface area contributed by atoms with E-state index >= 15 is 0 Å². The second kappa shape index (κ2) is 3.49. The van der Waals surface area contributed by atoms with Gasteiger partial charge in [-0.25, -0.2) is 4.39 Å². The lowest BCUT2D eigenvalue weighted by Crippen LogP contribution is -1.91. The highest BCUT2D eigenvalue weighted by atomic mass is 35.5. The molecule has 1 rings (SSSR count). The van der Waals surface area contributed by atoms with Crippen molar-refractivity contribution in [1.82, 2.24) is 0 Å². The molecule has 0 aliphatic carbocycles. The van der Waals surface area contributed by atoms with Crippen LogP contribution in [0.4, 0.5) is 10.1 Å². The molecular formula is C7H5ClFNO2. The Kier molecular flexibility index (Phi) is 2.60. The molecule has 0 unspecified atom stereocenters. The summed E-state index contributed by atoms with van der Waals surface area (Å²) in [6, 6.07) is 3.39. The third kappa shape index (κ3) is 1.71. The molecule has 0 saturated carbocycles. The Morgan fingerprint density at radius 3 is 2.67 bits per heavy atom. The first kappa shape index (κ1) is 8.93. The molecule has 1 aromatic carbocycles. The van der Waals surface area contributed by atoms with Crippen molar-refractivity contribution < 1.29 is 9.31 Å². The van der Waals surface area contributed by atoms with E-state index in [1.807, 2.05) is 0 Å². The minimum Gasteiger partial charge on any atom is -0.258 e. The summed E-state index contributed by atoms with van der Waals surface area (Å²) in [4.78, 5) is 9.51. The van der Waals surface area contributed by atoms with Crippen LogP contribution in [0, 0.1) is 15.9 Å². The van der Waals surface area contributed by atoms with E-state index in [-0.39, 0.29) is 17.1 Å². The lowest BCUT2D eigenvalue weighted by molar-refractivity contribution is -0.385. The summed E-state index contributed by atoms with van der Waals surface area (Å²) in [5, 5.41) is 10.2. The number of nitro benzene ring substituents is 1. The van der Waals surface area contributed by atoms with E-state index < -0.39 is 10.7 Å². The summed E-state index contributed by atoms with van der Waals surface area (Å²) < 4.78 is 12.8. The molecule has 0 heterocycles. The van der Waals surface area contributed by atoms with Crippen LogP contribution in [0.15, 0.2) is 18.2 Å². The van der Waals surface area contributed by atoms with Crippen LogP contribution in [-0.4, -0.2) is 4.92 Å². The Hall–Kier alpha value is -1.16. The molecule has 5 heteroatoms. The Balaban J connectivity index is 3.10. The summed E-state index contributed by atoms with van der Waals surface area (Å²) >= 11 is 5.35. The number of halogens is 2. The number of nitro groups is 1. The molecule has 0 bridgehead atoms. The maximum absolute atomic E-state index is 12.8. The van der Waals surface area contributed by atoms with Crippen molar-refractivity contribution in [2.75, 3.05) is 0 Å². The minimum atomic E-state index is -0.652. The zero-order valence-electron chi connectivity index (χ0n) is 5.96. The van der Waals surface area contributed by atoms with Crippen molar-refractivity contribution in [2.45, 2.75) is 5.88 Å². The van der Waals surface area contributed by atoms with Crippen LogP contribution in [0.1, 0.15) is 5.56 Å². The minimum absolute atomic E-state index is 0.0177. The normalized spacial score (nSPS) is 9.83. The van der Waals surface area contributed by atoms with Crippen LogP contribution in [0.2, 0.25) is 0 Å². The monoisotopic (exact) mass is 189 g/mol. The van der Waals surface area contributed by atoms with Gasteiger partial charge >= 0.3 is 0 Å². The Morgan fingerprint density at radius 2 is 2.25 bits per heavy atom. The number of nitrogens with zero attached hydrogens (tertiary/aromatic N) is 1. The topological polar surface area (TPSA) is 43.1 Å². The maximum Gasteiger partial charge on any atom is 0.272 e. The van der Waals surface area contributed by atoms with Gasteiger partial charge in [-0.3, -0.25) is 10.1 Å². The maximum atomic E-state index is 12.8. The fourth-order valence-corrected chi connectivity index (χ4v) is 0.975. The van der Waals surface area contributed by atoms with Crippen molar-refractivity contribution in [3.63, 3.8) is 0 Å². The van der Waals surface area contributed by atoms with Gasteiger partial charge in [0.2, 0.25) is 0 Å². The fourth-order valence-electron chi connectivity index (χ4n) is 0.758. The first-order valence-corrected chi connectivity index (χ1v) is 3.67. The van der Waals surface area contributed by atoms with Crippen molar-refractivity contribution in [3.05, 3.63) is 39.7 Å². The number of alkyl halides is 1. The molecule has 0 amide bonds. The van der Waals surface area contributed by atoms with Gasteiger partial charge in [-0.1, -0.05) is 0 Å². The zero-order chi connectivity index (χ0) is 9.14. The standard InChI is InChI=1S/C7H5ClFNO2/c8-4-5-1-2-6(10(11)12)3-7(5)9/h1-3H,4H2. The lowest BCUT2D eigenvalue weighted by Gasteiger charge is -1.96. The Bertz CT molecular complexity index is 316. The zero-order valence-corrected chi connectivity index (χ0v) is 6.71. The van der Waals surface area contributed by atoms with Crippen LogP contribution in [0.5, 0.6) is 0 Å². The van der Waals surface area contributed by atoms with Crippen molar-refractivity contribution in [3.8, 4) is 0 Å². The first-order valence-electron chi connectivity index (χ1n) is 3.14. The van der Waals surface area contributed by atoms with E-state index in [9.17, 15) is 14.5 Å². The number of benzene rings is 1. The van der Waals surface area contributed by atoms with Gasteiger partial charge in [0.05, 0.1) is 16.9 Å². The predicted molar refractivity (Wildman–Crippen MR) is 42.6 cm³/mol. The third-order valence-electron chi connectivity index (χ3n) is 1.39. The van der Waals surface area contributed by atoms with E-state index in [0.29, 0.717) is 0 Å². The van der Waals surface area contributed by atoms with Crippen molar-refractivity contribution >= 4 is 17.3 Å². The molecule has 0 aromatic heterocycles. The molecular weight excluding hydrogens is 185 g/mol. The molecule has 0 fully saturated rings. The van der Waals surface area contributed by atoms with Crippen LogP contribution >= 0.6 is 11.6 Å². The van der Waals surface area contributed by atoms with Gasteiger partial charge in [-0.15, -0.1) is 11.6 Å². The van der Waals surface area contributed by atoms with E-state index in [1.165, 1.54) is 12.1 Å². The Labute approximate surface area is 72.9 Å². The predicted octanol–water partition coefficient (Wildman–Crippen LogP) is 2.47. The van der Waals surface area contributed by atoms with Gasteiger partial charge in [0.25, 0.3) is 5.69 Å². The van der Waals surface area contributed by atoms with E-state index in [0.717, 1.165) is 6.07 Å². The molecule has 0 N–H and O–H groups in total. The van der Waals surface area contributed by atoms with Gasteiger partial charge in [-0.05, 0) is 6.07 Å². The second-order valence-corrected chi connectivity index (χ2v) is 2.43. The van der Waals surface area contributed by atoms with Gasteiger partial charge < -0.3 is 0 Å². The quantitative estimate of drug-likeness (QED) is 0.408. The molecule has 0 spiro atoms. The molecule has 0 saturated heterocycles. The van der Waals surface area contributed by atoms with Gasteiger partial charge in [0, 0.05) is 11.6 Å². The number of hydrogen-bond acceptors (Lipinski definition) is 2. The largest absolute Gasteiger partial charge is 0.272 e. The summed E-state index contributed by atoms with van der Waals surface area (Å²) in [6.07, 6.45) is 0. The molecule has 0 radical (unpaired) electrons. The lowest BCUT2D eigenvalue weighted by atomic mass is 10.2. The molecule has 1 aromatic rings. The smallest absolute Gasteiger partial charge is 0.258 e. The first-order chi connectivity index (χ1) is 5.65. The molecule has 0 aliphatic heterocycles. The van der Waals surface area contributed by atoms with Gasteiger partial charge in [0.15, 0.2) is 0 Å². The second-order valence-electron chi connectivity index (χ2n) is 2.17. The van der Waals surface area contributed by atoms with E-state index in [4.69, 9.17) is 11.6 Å². The number of rotatable bonds is 2. The molecule has 0 aliphatic rings. The van der Waals surface area contributed by atoms with Crippen molar-refractivity contribution in [2.24, 2.45) is 0 Å². The average molecular weight is 190 g/mol. The van der Waals surface area contributed by atoms with E-state index in [1.54, 1.807) is 0 Å². The highest BCUT2D eigenvalue weighted by Crippen LogP contribution is 2.17. The van der Waals surface area contributed by atoms with Gasteiger partial charge in [0.1, 0.15) is 5.82 Å². The van der Waals surface area contributed by atoms with E-state index in [2.05, 4.69) is 0 Å². The Morgan fingerprint density at radius 1 is 1.58 bits per heavy atom. The summed E-state index contributed by atoms with van der Waals surface area (Å²) in [5.74, 6) is -0.622. The van der Waals surface area contributed by atoms with Crippen molar-refractivity contribution in [1.29, 1.82) is 0 Å². The highest BCUT2D eigenvalue weighted by Gasteiger charge is 2.09. The van der Waals surface area contributed by atoms with Crippen LogP contribution in [-0.2, 0) is 5.88 Å². The third-order valence-corrected chi connectivity index (χ3v) is 1.68. The fraction of sp³-hybridized carbons (Fsp3) is 0.143.